The van der Waals surface area contributed by atoms with E-state index < -0.39 is 35.8 Å². The lowest BCUT2D eigenvalue weighted by Gasteiger charge is -2.27. The van der Waals surface area contributed by atoms with Gasteiger partial charge < -0.3 is 19.5 Å². The van der Waals surface area contributed by atoms with Gasteiger partial charge in [0, 0.05) is 50.9 Å². The van der Waals surface area contributed by atoms with Crippen molar-refractivity contribution in [2.45, 2.75) is 57.1 Å². The molecule has 50 heavy (non-hydrogen) atoms. The summed E-state index contributed by atoms with van der Waals surface area (Å²) in [6, 6.07) is 17.8. The quantitative estimate of drug-likeness (QED) is 0.137. The molecule has 2 aromatic heterocycles. The van der Waals surface area contributed by atoms with Crippen LogP contribution < -0.4 is 15.0 Å². The number of imide groups is 2. The molecular formula is C38H41N5O7. The third-order valence-electron chi connectivity index (χ3n) is 8.97. The van der Waals surface area contributed by atoms with Crippen molar-refractivity contribution in [2.75, 3.05) is 38.8 Å². The Balaban J connectivity index is 0.885. The lowest BCUT2D eigenvalue weighted by atomic mass is 9.99. The fraction of sp³-hybridized carbons (Fsp3) is 0.368. The number of unbranched alkanes of at least 4 members (excludes halogenated alkanes) is 1. The van der Waals surface area contributed by atoms with Crippen molar-refractivity contribution in [1.82, 2.24) is 20.2 Å². The van der Waals surface area contributed by atoms with Crippen molar-refractivity contribution in [3.63, 3.8) is 0 Å². The number of hydrogen-bond acceptors (Lipinski definition) is 10. The number of pyridine rings is 2. The summed E-state index contributed by atoms with van der Waals surface area (Å²) < 4.78 is 11.7. The van der Waals surface area contributed by atoms with Gasteiger partial charge in [0.15, 0.2) is 0 Å². The van der Waals surface area contributed by atoms with Crippen molar-refractivity contribution < 1.29 is 33.8 Å². The Kier molecular flexibility index (Phi) is 10.8. The summed E-state index contributed by atoms with van der Waals surface area (Å²) in [5.41, 5.74) is 3.98. The van der Waals surface area contributed by atoms with Gasteiger partial charge >= 0.3 is 0 Å². The minimum Gasteiger partial charge on any atom is -0.491 e. The minimum atomic E-state index is -0.984. The third kappa shape index (κ3) is 7.82. The third-order valence-corrected chi connectivity index (χ3v) is 8.97. The number of nitrogens with zero attached hydrogens (tertiary/aromatic N) is 4. The zero-order valence-electron chi connectivity index (χ0n) is 28.3. The number of carbonyl (C=O) groups excluding carboxylic acids is 4. The van der Waals surface area contributed by atoms with Crippen LogP contribution in [0.3, 0.4) is 0 Å². The summed E-state index contributed by atoms with van der Waals surface area (Å²) in [5.74, 6) is -0.468. The molecule has 0 saturated carbocycles. The monoisotopic (exact) mass is 679 g/mol. The molecule has 12 nitrogen and oxygen atoms in total. The van der Waals surface area contributed by atoms with Gasteiger partial charge in [-0.1, -0.05) is 18.2 Å². The number of anilines is 1. The largest absolute Gasteiger partial charge is 0.491 e. The van der Waals surface area contributed by atoms with E-state index in [1.165, 1.54) is 0 Å². The molecule has 4 amide bonds. The number of hydrogen-bond donors (Lipinski definition) is 2. The highest BCUT2D eigenvalue weighted by Crippen LogP contribution is 2.31. The SMILES string of the molecule is CN(C)c1ccc(-c2ccc3cc(OCC(O)CCCCOCCCc4cccc5c4C(=O)N(C4CCC(=O)NC4=O)C5=O)ccc3n2)cn1. The van der Waals surface area contributed by atoms with E-state index >= 15 is 0 Å². The summed E-state index contributed by atoms with van der Waals surface area (Å²) in [6.07, 6.45) is 4.75. The maximum Gasteiger partial charge on any atom is 0.262 e. The van der Waals surface area contributed by atoms with Crippen LogP contribution in [0.5, 0.6) is 5.75 Å². The molecule has 260 valence electrons. The van der Waals surface area contributed by atoms with Crippen molar-refractivity contribution in [3.05, 3.63) is 83.6 Å². The Bertz CT molecular complexity index is 1890. The van der Waals surface area contributed by atoms with Crippen LogP contribution in [0.1, 0.15) is 64.8 Å². The predicted molar refractivity (Wildman–Crippen MR) is 187 cm³/mol. The maximum absolute atomic E-state index is 13.2. The van der Waals surface area contributed by atoms with Gasteiger partial charge in [0.05, 0.1) is 28.4 Å². The van der Waals surface area contributed by atoms with Gasteiger partial charge in [0.1, 0.15) is 24.2 Å². The lowest BCUT2D eigenvalue weighted by Crippen LogP contribution is -2.54. The zero-order valence-corrected chi connectivity index (χ0v) is 28.3. The molecule has 2 atom stereocenters. The molecule has 1 saturated heterocycles. The van der Waals surface area contributed by atoms with Crippen LogP contribution in [0.4, 0.5) is 5.82 Å². The highest BCUT2D eigenvalue weighted by atomic mass is 16.5. The molecule has 1 fully saturated rings. The molecule has 0 radical (unpaired) electrons. The predicted octanol–water partition coefficient (Wildman–Crippen LogP) is 4.32. The number of piperidine rings is 1. The van der Waals surface area contributed by atoms with Gasteiger partial charge in [-0.05, 0) is 86.6 Å². The molecule has 2 aromatic carbocycles. The minimum absolute atomic E-state index is 0.0816. The Morgan fingerprint density at radius 2 is 1.82 bits per heavy atom. The van der Waals surface area contributed by atoms with Crippen molar-refractivity contribution >= 4 is 40.3 Å². The molecule has 2 N–H and O–H groups in total. The lowest BCUT2D eigenvalue weighted by molar-refractivity contribution is -0.136. The van der Waals surface area contributed by atoms with E-state index in [0.29, 0.717) is 43.8 Å². The number of ether oxygens (including phenoxy) is 2. The Morgan fingerprint density at radius 3 is 2.60 bits per heavy atom. The first-order valence-corrected chi connectivity index (χ1v) is 17.0. The second kappa shape index (κ2) is 15.6. The summed E-state index contributed by atoms with van der Waals surface area (Å²) in [6.45, 7) is 1.20. The van der Waals surface area contributed by atoms with Gasteiger partial charge in [-0.25, -0.2) is 9.97 Å². The van der Waals surface area contributed by atoms with Gasteiger partial charge in [0.25, 0.3) is 11.8 Å². The first-order valence-electron chi connectivity index (χ1n) is 17.0. The maximum atomic E-state index is 13.2. The number of nitrogens with one attached hydrogen (secondary N) is 1. The highest BCUT2D eigenvalue weighted by molar-refractivity contribution is 6.24. The number of benzene rings is 2. The number of carbonyl (C=O) groups is 4. The number of aryl methyl sites for hydroxylation is 1. The first kappa shape index (κ1) is 34.7. The molecular weight excluding hydrogens is 638 g/mol. The van der Waals surface area contributed by atoms with E-state index in [-0.39, 0.29) is 25.0 Å². The number of aromatic nitrogens is 2. The highest BCUT2D eigenvalue weighted by Gasteiger charge is 2.45. The average Bonchev–Trinajstić information content (AvgIpc) is 3.37. The smallest absolute Gasteiger partial charge is 0.262 e. The van der Waals surface area contributed by atoms with E-state index in [9.17, 15) is 24.3 Å². The van der Waals surface area contributed by atoms with E-state index in [1.54, 1.807) is 12.1 Å². The molecule has 0 spiro atoms. The van der Waals surface area contributed by atoms with E-state index in [0.717, 1.165) is 51.3 Å². The number of amides is 4. The number of aliphatic hydroxyl groups excluding tert-OH is 1. The van der Waals surface area contributed by atoms with Crippen LogP contribution in [-0.2, 0) is 20.7 Å². The molecule has 4 heterocycles. The molecule has 0 bridgehead atoms. The van der Waals surface area contributed by atoms with Crippen molar-refractivity contribution in [1.29, 1.82) is 0 Å². The Morgan fingerprint density at radius 1 is 0.980 bits per heavy atom. The Hall–Kier alpha value is -5.20. The molecule has 6 rings (SSSR count). The van der Waals surface area contributed by atoms with Gasteiger partial charge in [-0.2, -0.15) is 0 Å². The fourth-order valence-corrected chi connectivity index (χ4v) is 6.28. The number of aliphatic hydroxyl groups is 1. The zero-order chi connectivity index (χ0) is 35.2. The molecule has 2 unspecified atom stereocenters. The molecule has 2 aliphatic heterocycles. The topological polar surface area (TPSA) is 151 Å². The average molecular weight is 680 g/mol. The Labute approximate surface area is 290 Å². The molecule has 4 aromatic rings. The molecule has 2 aliphatic rings. The second-order valence-electron chi connectivity index (χ2n) is 12.8. The first-order chi connectivity index (χ1) is 24.2. The van der Waals surface area contributed by atoms with Crippen LogP contribution in [0.15, 0.2) is 66.9 Å². The summed E-state index contributed by atoms with van der Waals surface area (Å²) >= 11 is 0. The summed E-state index contributed by atoms with van der Waals surface area (Å²) in [5, 5.41) is 13.6. The van der Waals surface area contributed by atoms with Gasteiger partial charge in [0.2, 0.25) is 11.8 Å². The second-order valence-corrected chi connectivity index (χ2v) is 12.8. The molecule has 0 aliphatic carbocycles. The van der Waals surface area contributed by atoms with Gasteiger partial charge in [-0.3, -0.25) is 29.4 Å². The summed E-state index contributed by atoms with van der Waals surface area (Å²) in [4.78, 5) is 62.4. The van der Waals surface area contributed by atoms with Crippen LogP contribution in [0, 0.1) is 0 Å². The van der Waals surface area contributed by atoms with Crippen molar-refractivity contribution in [2.24, 2.45) is 0 Å². The van der Waals surface area contributed by atoms with Crippen LogP contribution in [0.25, 0.3) is 22.2 Å². The standard InChI is InChI=1S/C38H41N5O7/c1-42(2)33-17-12-26(22-39-33)31-14-11-25-21-28(13-15-30(25)40-31)50-23-27(44)9-3-4-19-49-20-6-8-24-7-5-10-29-35(24)38(48)43(37(29)47)32-16-18-34(45)41-36(32)46/h5,7,10-15,17,21-22,27,32,44H,3-4,6,8-9,16,18-20,23H2,1-2H3,(H,41,45,46). The number of rotatable bonds is 15. The fourth-order valence-electron chi connectivity index (χ4n) is 6.28. The van der Waals surface area contributed by atoms with Crippen molar-refractivity contribution in [3.8, 4) is 17.0 Å². The van der Waals surface area contributed by atoms with E-state index in [2.05, 4.69) is 10.3 Å². The normalized spacial score (nSPS) is 16.5. The summed E-state index contributed by atoms with van der Waals surface area (Å²) in [7, 11) is 3.91. The van der Waals surface area contributed by atoms with Crippen LogP contribution >= 0.6 is 0 Å². The van der Waals surface area contributed by atoms with Crippen LogP contribution in [-0.4, -0.2) is 89.7 Å². The van der Waals surface area contributed by atoms with Gasteiger partial charge in [-0.15, -0.1) is 0 Å². The van der Waals surface area contributed by atoms with Crippen LogP contribution in [0.2, 0.25) is 0 Å². The number of fused-ring (bicyclic) bond motifs is 2. The van der Waals surface area contributed by atoms with E-state index in [4.69, 9.17) is 14.5 Å². The molecule has 12 heteroatoms. The van der Waals surface area contributed by atoms with E-state index in [1.807, 2.05) is 73.7 Å².